The highest BCUT2D eigenvalue weighted by molar-refractivity contribution is 6.30. The monoisotopic (exact) mass is 312 g/mol. The Labute approximate surface area is 126 Å². The summed E-state index contributed by atoms with van der Waals surface area (Å²) < 4.78 is 24.4. The summed E-state index contributed by atoms with van der Waals surface area (Å²) in [5, 5.41) is 2.87. The van der Waals surface area contributed by atoms with Crippen LogP contribution in [-0.4, -0.2) is 28.1 Å². The molecule has 0 aliphatic rings. The Morgan fingerprint density at radius 1 is 1.19 bits per heavy atom. The van der Waals surface area contributed by atoms with Gasteiger partial charge in [0.25, 0.3) is 0 Å². The molecule has 0 bridgehead atoms. The molecule has 8 heteroatoms. The maximum atomic E-state index is 13.8. The number of hydrogen-bond acceptors (Lipinski definition) is 6. The molecule has 1 heterocycles. The summed E-state index contributed by atoms with van der Waals surface area (Å²) in [6.45, 7) is 4.69. The van der Waals surface area contributed by atoms with Crippen LogP contribution in [0.25, 0.3) is 0 Å². The number of benzene rings is 1. The van der Waals surface area contributed by atoms with E-state index in [1.165, 1.54) is 12.1 Å². The highest BCUT2D eigenvalue weighted by Gasteiger charge is 2.13. The Morgan fingerprint density at radius 2 is 1.95 bits per heavy atom. The second-order valence-electron chi connectivity index (χ2n) is 3.84. The molecule has 0 aliphatic carbocycles. The van der Waals surface area contributed by atoms with Crippen molar-refractivity contribution in [3.05, 3.63) is 29.0 Å². The number of aromatic nitrogens is 3. The molecule has 0 amide bonds. The number of nitrogens with zero attached hydrogens (tertiary/aromatic N) is 3. The summed E-state index contributed by atoms with van der Waals surface area (Å²) in [6, 6.07) is 4.44. The van der Waals surface area contributed by atoms with Crippen molar-refractivity contribution in [3.63, 3.8) is 0 Å². The zero-order valence-corrected chi connectivity index (χ0v) is 12.3. The smallest absolute Gasteiger partial charge is 0.330 e. The molecule has 21 heavy (non-hydrogen) atoms. The Bertz CT molecular complexity index is 603. The lowest BCUT2D eigenvalue weighted by atomic mass is 10.3. The van der Waals surface area contributed by atoms with Crippen molar-refractivity contribution >= 4 is 17.5 Å². The van der Waals surface area contributed by atoms with E-state index in [0.717, 1.165) is 0 Å². The average molecular weight is 313 g/mol. The lowest BCUT2D eigenvalue weighted by molar-refractivity contribution is 0.302. The van der Waals surface area contributed by atoms with Crippen molar-refractivity contribution in [2.45, 2.75) is 13.8 Å². The number of nitrogens with one attached hydrogen (secondary N) is 1. The summed E-state index contributed by atoms with van der Waals surface area (Å²) in [5.41, 5.74) is 0. The van der Waals surface area contributed by atoms with E-state index >= 15 is 0 Å². The standard InChI is InChI=1S/C13H14ClFN4O2/c1-3-16-11-17-12(20-4-2)19-13(18-11)21-9-7-5-6-8(14)10(9)15/h5-7H,3-4H2,1-2H3,(H,16,17,18,19). The van der Waals surface area contributed by atoms with Crippen molar-refractivity contribution in [1.82, 2.24) is 15.0 Å². The number of anilines is 1. The SMILES string of the molecule is CCNc1nc(OCC)nc(Oc2cccc(Cl)c2F)n1. The third kappa shape index (κ3) is 3.91. The topological polar surface area (TPSA) is 69.2 Å². The van der Waals surface area contributed by atoms with Gasteiger partial charge in [0.05, 0.1) is 11.6 Å². The van der Waals surface area contributed by atoms with Gasteiger partial charge in [-0.25, -0.2) is 4.39 Å². The lowest BCUT2D eigenvalue weighted by Crippen LogP contribution is -2.07. The van der Waals surface area contributed by atoms with E-state index in [1.807, 2.05) is 6.92 Å². The average Bonchev–Trinajstić information content (AvgIpc) is 2.44. The summed E-state index contributed by atoms with van der Waals surface area (Å²) in [4.78, 5) is 12.0. The van der Waals surface area contributed by atoms with E-state index < -0.39 is 5.82 Å². The van der Waals surface area contributed by atoms with Gasteiger partial charge >= 0.3 is 12.0 Å². The van der Waals surface area contributed by atoms with Crippen LogP contribution in [0.4, 0.5) is 10.3 Å². The highest BCUT2D eigenvalue weighted by atomic mass is 35.5. The number of halogens is 2. The molecule has 2 aromatic rings. The van der Waals surface area contributed by atoms with Crippen LogP contribution in [-0.2, 0) is 0 Å². The maximum absolute atomic E-state index is 13.8. The molecule has 0 fully saturated rings. The number of ether oxygens (including phenoxy) is 2. The molecule has 2 rings (SSSR count). The largest absolute Gasteiger partial charge is 0.464 e. The minimum Gasteiger partial charge on any atom is -0.464 e. The van der Waals surface area contributed by atoms with Gasteiger partial charge < -0.3 is 14.8 Å². The second-order valence-corrected chi connectivity index (χ2v) is 4.25. The zero-order valence-electron chi connectivity index (χ0n) is 11.6. The Morgan fingerprint density at radius 3 is 2.67 bits per heavy atom. The van der Waals surface area contributed by atoms with E-state index in [4.69, 9.17) is 21.1 Å². The fourth-order valence-electron chi connectivity index (χ4n) is 1.48. The van der Waals surface area contributed by atoms with Crippen molar-refractivity contribution in [2.24, 2.45) is 0 Å². The molecular weight excluding hydrogens is 299 g/mol. The third-order valence-electron chi connectivity index (χ3n) is 2.32. The molecule has 0 saturated heterocycles. The first kappa shape index (κ1) is 15.2. The van der Waals surface area contributed by atoms with Crippen LogP contribution in [0.5, 0.6) is 17.8 Å². The Hall–Kier alpha value is -2.15. The van der Waals surface area contributed by atoms with Crippen molar-refractivity contribution < 1.29 is 13.9 Å². The van der Waals surface area contributed by atoms with Gasteiger partial charge in [-0.15, -0.1) is 4.98 Å². The van der Waals surface area contributed by atoms with Crippen LogP contribution >= 0.6 is 11.6 Å². The van der Waals surface area contributed by atoms with Crippen LogP contribution in [0.2, 0.25) is 5.02 Å². The Balaban J connectivity index is 2.31. The summed E-state index contributed by atoms with van der Waals surface area (Å²) in [7, 11) is 0. The first-order valence-electron chi connectivity index (χ1n) is 6.38. The van der Waals surface area contributed by atoms with Gasteiger partial charge in [-0.1, -0.05) is 17.7 Å². The third-order valence-corrected chi connectivity index (χ3v) is 2.61. The molecule has 112 valence electrons. The van der Waals surface area contributed by atoms with Gasteiger partial charge in [0.2, 0.25) is 5.95 Å². The maximum Gasteiger partial charge on any atom is 0.330 e. The minimum absolute atomic E-state index is 0.0431. The van der Waals surface area contributed by atoms with E-state index in [1.54, 1.807) is 13.0 Å². The van der Waals surface area contributed by atoms with Gasteiger partial charge in [0.1, 0.15) is 0 Å². The van der Waals surface area contributed by atoms with Crippen LogP contribution in [0.15, 0.2) is 18.2 Å². The normalized spacial score (nSPS) is 10.3. The minimum atomic E-state index is -0.678. The van der Waals surface area contributed by atoms with Crippen molar-refractivity contribution in [1.29, 1.82) is 0 Å². The molecule has 0 atom stereocenters. The van der Waals surface area contributed by atoms with Gasteiger partial charge in [0.15, 0.2) is 11.6 Å². The Kier molecular flexibility index (Phi) is 5.10. The van der Waals surface area contributed by atoms with Gasteiger partial charge in [-0.2, -0.15) is 9.97 Å². The molecule has 6 nitrogen and oxygen atoms in total. The second kappa shape index (κ2) is 7.03. The van der Waals surface area contributed by atoms with Gasteiger partial charge in [-0.3, -0.25) is 0 Å². The predicted octanol–water partition coefficient (Wildman–Crippen LogP) is 3.29. The van der Waals surface area contributed by atoms with Gasteiger partial charge in [-0.05, 0) is 26.0 Å². The quantitative estimate of drug-likeness (QED) is 0.882. The lowest BCUT2D eigenvalue weighted by Gasteiger charge is -2.09. The first-order chi connectivity index (χ1) is 10.1. The molecule has 0 saturated carbocycles. The molecular formula is C13H14ClFN4O2. The van der Waals surface area contributed by atoms with Crippen molar-refractivity contribution in [3.8, 4) is 17.8 Å². The molecule has 1 aromatic heterocycles. The van der Waals surface area contributed by atoms with E-state index in [0.29, 0.717) is 13.2 Å². The molecule has 0 radical (unpaired) electrons. The fourth-order valence-corrected chi connectivity index (χ4v) is 1.64. The summed E-state index contributed by atoms with van der Waals surface area (Å²) in [5.74, 6) is -0.463. The van der Waals surface area contributed by atoms with Gasteiger partial charge in [0, 0.05) is 6.54 Å². The van der Waals surface area contributed by atoms with E-state index in [9.17, 15) is 4.39 Å². The molecule has 0 unspecified atom stereocenters. The van der Waals surface area contributed by atoms with Crippen LogP contribution in [0.3, 0.4) is 0 Å². The summed E-state index contributed by atoms with van der Waals surface area (Å²) in [6.07, 6.45) is 0. The predicted molar refractivity (Wildman–Crippen MR) is 76.6 cm³/mol. The molecule has 0 aliphatic heterocycles. The number of hydrogen-bond donors (Lipinski definition) is 1. The van der Waals surface area contributed by atoms with E-state index in [-0.39, 0.29) is 28.7 Å². The summed E-state index contributed by atoms with van der Waals surface area (Å²) >= 11 is 5.70. The van der Waals surface area contributed by atoms with E-state index in [2.05, 4.69) is 20.3 Å². The van der Waals surface area contributed by atoms with Crippen LogP contribution in [0.1, 0.15) is 13.8 Å². The molecule has 1 aromatic carbocycles. The van der Waals surface area contributed by atoms with Crippen LogP contribution in [0, 0.1) is 5.82 Å². The van der Waals surface area contributed by atoms with Crippen LogP contribution < -0.4 is 14.8 Å². The number of rotatable bonds is 6. The first-order valence-corrected chi connectivity index (χ1v) is 6.76. The molecule has 0 spiro atoms. The van der Waals surface area contributed by atoms with Crippen molar-refractivity contribution in [2.75, 3.05) is 18.5 Å². The fraction of sp³-hybridized carbons (Fsp3) is 0.308. The zero-order chi connectivity index (χ0) is 15.2. The highest BCUT2D eigenvalue weighted by Crippen LogP contribution is 2.27. The molecule has 1 N–H and O–H groups in total.